The monoisotopic (exact) mass is 464 g/mol. The van der Waals surface area contributed by atoms with E-state index in [1.54, 1.807) is 12.4 Å². The Kier molecular flexibility index (Phi) is 6.92. The number of rotatable bonds is 6. The van der Waals surface area contributed by atoms with Crippen molar-refractivity contribution < 1.29 is 4.79 Å². The van der Waals surface area contributed by atoms with Crippen LogP contribution in [0.25, 0.3) is 11.1 Å². The molecule has 1 saturated carbocycles. The summed E-state index contributed by atoms with van der Waals surface area (Å²) < 4.78 is 0. The minimum atomic E-state index is -0.146. The first kappa shape index (κ1) is 23.3. The molecule has 0 unspecified atom stereocenters. The zero-order valence-corrected chi connectivity index (χ0v) is 20.2. The van der Waals surface area contributed by atoms with Crippen molar-refractivity contribution in [2.75, 3.05) is 13.1 Å². The van der Waals surface area contributed by atoms with Crippen LogP contribution in [0.1, 0.15) is 65.6 Å². The zero-order valence-electron chi connectivity index (χ0n) is 20.2. The molecule has 0 saturated heterocycles. The number of carbonyl (C=O) groups is 1. The van der Waals surface area contributed by atoms with E-state index in [2.05, 4.69) is 27.3 Å². The predicted octanol–water partition coefficient (Wildman–Crippen LogP) is 5.50. The van der Waals surface area contributed by atoms with Crippen LogP contribution in [-0.4, -0.2) is 34.4 Å². The molecule has 1 fully saturated rings. The average Bonchev–Trinajstić information content (AvgIpc) is 2.92. The van der Waals surface area contributed by atoms with Crippen LogP contribution < -0.4 is 5.32 Å². The van der Waals surface area contributed by atoms with Crippen LogP contribution in [-0.2, 0) is 13.0 Å². The van der Waals surface area contributed by atoms with Crippen LogP contribution in [0.4, 0.5) is 0 Å². The van der Waals surface area contributed by atoms with Gasteiger partial charge in [0.25, 0.3) is 5.91 Å². The van der Waals surface area contributed by atoms with Crippen LogP contribution in [0, 0.1) is 11.3 Å². The van der Waals surface area contributed by atoms with Crippen molar-refractivity contribution >= 4 is 5.91 Å². The molecule has 0 atom stereocenters. The summed E-state index contributed by atoms with van der Waals surface area (Å²) in [5.41, 5.74) is 6.03. The van der Waals surface area contributed by atoms with E-state index < -0.39 is 0 Å². The molecule has 1 N–H and O–H groups in total. The summed E-state index contributed by atoms with van der Waals surface area (Å²) >= 11 is 0. The van der Waals surface area contributed by atoms with Crippen molar-refractivity contribution in [3.05, 3.63) is 89.2 Å². The number of nitrogens with one attached hydrogen (secondary N) is 1. The highest BCUT2D eigenvalue weighted by Gasteiger charge is 2.34. The second kappa shape index (κ2) is 10.4. The summed E-state index contributed by atoms with van der Waals surface area (Å²) in [4.78, 5) is 20.0. The lowest BCUT2D eigenvalue weighted by atomic mass is 9.78. The Balaban J connectivity index is 1.27. The predicted molar refractivity (Wildman–Crippen MR) is 138 cm³/mol. The minimum Gasteiger partial charge on any atom is -0.347 e. The molecule has 2 aliphatic rings. The van der Waals surface area contributed by atoms with E-state index in [1.807, 2.05) is 48.5 Å². The number of aromatic nitrogens is 1. The lowest BCUT2D eigenvalue weighted by molar-refractivity contribution is 0.0840. The third-order valence-corrected chi connectivity index (χ3v) is 7.66. The maximum absolute atomic E-state index is 13.4. The Morgan fingerprint density at radius 3 is 2.63 bits per heavy atom. The molecule has 3 aromatic rings. The minimum absolute atomic E-state index is 0.0239. The normalized spacial score (nSPS) is 17.2. The lowest BCUT2D eigenvalue weighted by Crippen LogP contribution is -2.51. The highest BCUT2D eigenvalue weighted by molar-refractivity contribution is 5.96. The third-order valence-electron chi connectivity index (χ3n) is 7.66. The summed E-state index contributed by atoms with van der Waals surface area (Å²) in [6, 6.07) is 20.1. The zero-order chi connectivity index (χ0) is 24.1. The van der Waals surface area contributed by atoms with Crippen molar-refractivity contribution in [1.82, 2.24) is 15.2 Å². The van der Waals surface area contributed by atoms with Gasteiger partial charge in [-0.3, -0.25) is 14.7 Å². The van der Waals surface area contributed by atoms with Gasteiger partial charge in [-0.15, -0.1) is 0 Å². The number of hydrogen-bond donors (Lipinski definition) is 1. The molecule has 1 amide bonds. The Morgan fingerprint density at radius 1 is 1.00 bits per heavy atom. The third kappa shape index (κ3) is 5.44. The highest BCUT2D eigenvalue weighted by Crippen LogP contribution is 2.33. The number of pyridine rings is 1. The largest absolute Gasteiger partial charge is 0.347 e. The van der Waals surface area contributed by atoms with E-state index in [1.165, 1.54) is 17.5 Å². The van der Waals surface area contributed by atoms with Crippen molar-refractivity contribution in [3.8, 4) is 17.2 Å². The number of amides is 1. The van der Waals surface area contributed by atoms with Gasteiger partial charge >= 0.3 is 0 Å². The molecule has 1 aliphatic carbocycles. The van der Waals surface area contributed by atoms with E-state index in [4.69, 9.17) is 0 Å². The van der Waals surface area contributed by atoms with Crippen LogP contribution >= 0.6 is 0 Å². The maximum Gasteiger partial charge on any atom is 0.251 e. The quantitative estimate of drug-likeness (QED) is 0.523. The van der Waals surface area contributed by atoms with Crippen LogP contribution in [0.3, 0.4) is 0 Å². The molecule has 0 bridgehead atoms. The maximum atomic E-state index is 13.4. The second-order valence-electron chi connectivity index (χ2n) is 9.98. The molecule has 5 rings (SSSR count). The second-order valence-corrected chi connectivity index (χ2v) is 9.98. The molecular weight excluding hydrogens is 432 g/mol. The standard InChI is InChI=1S/C30H32N4O/c31-21-23-7-8-28-22-34(17-11-26(28)19-23)18-14-30(12-2-1-3-13-30)33-29(35)27-6-4-5-25(20-27)24-9-15-32-16-10-24/h4-10,15-16,19-20H,1-3,11-14,17-18,22H2,(H,33,35). The first-order valence-electron chi connectivity index (χ1n) is 12.7. The molecule has 2 heterocycles. The first-order chi connectivity index (χ1) is 17.1. The number of carbonyl (C=O) groups excluding carboxylic acids is 1. The highest BCUT2D eigenvalue weighted by atomic mass is 16.1. The van der Waals surface area contributed by atoms with Gasteiger partial charge in [0.2, 0.25) is 0 Å². The molecular formula is C30H32N4O. The van der Waals surface area contributed by atoms with Crippen LogP contribution in [0.2, 0.25) is 0 Å². The van der Waals surface area contributed by atoms with Crippen molar-refractivity contribution in [2.45, 2.75) is 57.0 Å². The van der Waals surface area contributed by atoms with Crippen LogP contribution in [0.15, 0.2) is 67.0 Å². The Hall–Kier alpha value is -3.49. The number of hydrogen-bond acceptors (Lipinski definition) is 4. The van der Waals surface area contributed by atoms with Gasteiger partial charge in [0.05, 0.1) is 11.6 Å². The topological polar surface area (TPSA) is 69.0 Å². The van der Waals surface area contributed by atoms with E-state index in [-0.39, 0.29) is 11.4 Å². The molecule has 0 spiro atoms. The molecule has 1 aliphatic heterocycles. The first-order valence-corrected chi connectivity index (χ1v) is 12.7. The Labute approximate surface area is 207 Å². The van der Waals surface area contributed by atoms with E-state index >= 15 is 0 Å². The van der Waals surface area contributed by atoms with Gasteiger partial charge in [0.1, 0.15) is 0 Å². The molecule has 1 aromatic heterocycles. The average molecular weight is 465 g/mol. The molecule has 5 heteroatoms. The van der Waals surface area contributed by atoms with Gasteiger partial charge in [-0.1, -0.05) is 37.5 Å². The van der Waals surface area contributed by atoms with Crippen molar-refractivity contribution in [2.24, 2.45) is 0 Å². The van der Waals surface area contributed by atoms with Crippen molar-refractivity contribution in [3.63, 3.8) is 0 Å². The summed E-state index contributed by atoms with van der Waals surface area (Å²) in [5, 5.41) is 12.7. The van der Waals surface area contributed by atoms with Crippen LogP contribution in [0.5, 0.6) is 0 Å². The van der Waals surface area contributed by atoms with Gasteiger partial charge in [0, 0.05) is 43.1 Å². The van der Waals surface area contributed by atoms with E-state index in [9.17, 15) is 10.1 Å². The summed E-state index contributed by atoms with van der Waals surface area (Å²) in [6.45, 7) is 2.88. The molecule has 178 valence electrons. The number of fused-ring (bicyclic) bond motifs is 1. The van der Waals surface area contributed by atoms with E-state index in [0.717, 1.165) is 74.8 Å². The summed E-state index contributed by atoms with van der Waals surface area (Å²) in [5.74, 6) is 0.0239. The Morgan fingerprint density at radius 2 is 1.83 bits per heavy atom. The van der Waals surface area contributed by atoms with Gasteiger partial charge in [-0.25, -0.2) is 0 Å². The number of benzene rings is 2. The Bertz CT molecular complexity index is 1220. The lowest BCUT2D eigenvalue weighted by Gasteiger charge is -2.40. The number of nitrogens with zero attached hydrogens (tertiary/aromatic N) is 3. The molecule has 0 radical (unpaired) electrons. The number of nitriles is 1. The molecule has 5 nitrogen and oxygen atoms in total. The van der Waals surface area contributed by atoms with Gasteiger partial charge < -0.3 is 5.32 Å². The van der Waals surface area contributed by atoms with Crippen molar-refractivity contribution in [1.29, 1.82) is 5.26 Å². The van der Waals surface area contributed by atoms with Gasteiger partial charge in [-0.2, -0.15) is 5.26 Å². The fourth-order valence-electron chi connectivity index (χ4n) is 5.61. The summed E-state index contributed by atoms with van der Waals surface area (Å²) in [6.07, 6.45) is 11.2. The van der Waals surface area contributed by atoms with Gasteiger partial charge in [-0.05, 0) is 84.3 Å². The molecule has 2 aromatic carbocycles. The SMILES string of the molecule is N#Cc1ccc2c(c1)CCN(CCC1(NC(=O)c3cccc(-c4ccncc4)c3)CCCCC1)C2. The van der Waals surface area contributed by atoms with Gasteiger partial charge in [0.15, 0.2) is 0 Å². The summed E-state index contributed by atoms with van der Waals surface area (Å²) in [7, 11) is 0. The fraction of sp³-hybridized carbons (Fsp3) is 0.367. The van der Waals surface area contributed by atoms with E-state index in [0.29, 0.717) is 5.56 Å². The smallest absolute Gasteiger partial charge is 0.251 e. The fourth-order valence-corrected chi connectivity index (χ4v) is 5.61. The molecule has 35 heavy (non-hydrogen) atoms.